The van der Waals surface area contributed by atoms with Crippen molar-refractivity contribution in [2.45, 2.75) is 31.5 Å². The summed E-state index contributed by atoms with van der Waals surface area (Å²) in [6, 6.07) is 15.3. The number of amidine groups is 1. The molecule has 2 aromatic heterocycles. The second-order valence-electron chi connectivity index (χ2n) is 7.24. The van der Waals surface area contributed by atoms with Crippen molar-refractivity contribution in [3.63, 3.8) is 0 Å². The monoisotopic (exact) mass is 426 g/mol. The van der Waals surface area contributed by atoms with Gasteiger partial charge in [0.1, 0.15) is 17.9 Å². The Labute approximate surface area is 178 Å². The lowest BCUT2D eigenvalue weighted by molar-refractivity contribution is 0.249. The van der Waals surface area contributed by atoms with Crippen LogP contribution in [0, 0.1) is 5.82 Å². The standard InChI is InChI=1S/C22H20ClFN4S/c1-2-14-13-29-22-26-20(18-6-3-4-10-25-18)21(28(14)22)19-7-5-11-27(19)15-8-9-17(24)16(23)12-15/h3-12,14,20-21H,2,13H2,1H3/t14-,20-,21-/m1/s1. The van der Waals surface area contributed by atoms with Crippen molar-refractivity contribution in [2.75, 3.05) is 5.75 Å². The topological polar surface area (TPSA) is 33.4 Å². The van der Waals surface area contributed by atoms with Crippen molar-refractivity contribution in [3.8, 4) is 5.69 Å². The molecule has 0 radical (unpaired) electrons. The van der Waals surface area contributed by atoms with Gasteiger partial charge >= 0.3 is 0 Å². The molecule has 29 heavy (non-hydrogen) atoms. The number of pyridine rings is 1. The van der Waals surface area contributed by atoms with Gasteiger partial charge in [-0.2, -0.15) is 0 Å². The lowest BCUT2D eigenvalue weighted by Crippen LogP contribution is -2.36. The van der Waals surface area contributed by atoms with Crippen LogP contribution in [0.2, 0.25) is 5.02 Å². The molecule has 3 aromatic rings. The van der Waals surface area contributed by atoms with Crippen molar-refractivity contribution in [1.29, 1.82) is 0 Å². The number of aliphatic imine (C=N–C) groups is 1. The predicted molar refractivity (Wildman–Crippen MR) is 116 cm³/mol. The van der Waals surface area contributed by atoms with Crippen LogP contribution in [-0.2, 0) is 0 Å². The van der Waals surface area contributed by atoms with E-state index in [0.717, 1.165) is 34.4 Å². The number of hydrogen-bond acceptors (Lipinski definition) is 4. The van der Waals surface area contributed by atoms with E-state index in [1.807, 2.05) is 48.4 Å². The summed E-state index contributed by atoms with van der Waals surface area (Å²) in [5.41, 5.74) is 2.90. The van der Waals surface area contributed by atoms with Gasteiger partial charge in [0.25, 0.3) is 0 Å². The minimum atomic E-state index is -0.413. The molecule has 1 aromatic carbocycles. The highest BCUT2D eigenvalue weighted by molar-refractivity contribution is 8.14. The SMILES string of the molecule is CC[C@@H]1CSC2=N[C@H](c3ccccn3)[C@@H](c3cccn3-c3ccc(F)c(Cl)c3)N21. The smallest absolute Gasteiger partial charge is 0.160 e. The maximum Gasteiger partial charge on any atom is 0.160 e. The fourth-order valence-electron chi connectivity index (χ4n) is 4.18. The average molecular weight is 427 g/mol. The van der Waals surface area contributed by atoms with Crippen molar-refractivity contribution in [2.24, 2.45) is 4.99 Å². The van der Waals surface area contributed by atoms with Gasteiger partial charge < -0.3 is 9.47 Å². The Morgan fingerprint density at radius 1 is 1.21 bits per heavy atom. The van der Waals surface area contributed by atoms with Crippen LogP contribution in [0.4, 0.5) is 4.39 Å². The first-order valence-corrected chi connectivity index (χ1v) is 11.1. The number of aromatic nitrogens is 2. The van der Waals surface area contributed by atoms with Gasteiger partial charge in [0.15, 0.2) is 5.17 Å². The van der Waals surface area contributed by atoms with E-state index in [9.17, 15) is 4.39 Å². The number of fused-ring (bicyclic) bond motifs is 1. The third-order valence-electron chi connectivity index (χ3n) is 5.59. The molecule has 1 saturated heterocycles. The van der Waals surface area contributed by atoms with Crippen LogP contribution in [0.15, 0.2) is 65.9 Å². The van der Waals surface area contributed by atoms with Crippen molar-refractivity contribution in [1.82, 2.24) is 14.5 Å². The lowest BCUT2D eigenvalue weighted by atomic mass is 9.99. The fraction of sp³-hybridized carbons (Fsp3) is 0.273. The molecule has 148 valence electrons. The number of nitrogens with zero attached hydrogens (tertiary/aromatic N) is 4. The zero-order chi connectivity index (χ0) is 20.0. The molecule has 2 aliphatic heterocycles. The van der Waals surface area contributed by atoms with Gasteiger partial charge in [0.2, 0.25) is 0 Å². The second kappa shape index (κ2) is 7.50. The summed E-state index contributed by atoms with van der Waals surface area (Å²) in [6.45, 7) is 2.22. The van der Waals surface area contributed by atoms with Crippen LogP contribution < -0.4 is 0 Å². The van der Waals surface area contributed by atoms with Crippen LogP contribution in [0.3, 0.4) is 0 Å². The highest BCUT2D eigenvalue weighted by Crippen LogP contribution is 2.48. The third kappa shape index (κ3) is 3.15. The molecule has 2 aliphatic rings. The molecule has 0 spiro atoms. The molecular formula is C22H20ClFN4S. The van der Waals surface area contributed by atoms with E-state index in [1.165, 1.54) is 6.07 Å². The lowest BCUT2D eigenvalue weighted by Gasteiger charge is -2.32. The van der Waals surface area contributed by atoms with E-state index in [0.29, 0.717) is 6.04 Å². The maximum absolute atomic E-state index is 13.7. The molecule has 1 fully saturated rings. The van der Waals surface area contributed by atoms with Crippen LogP contribution in [0.1, 0.15) is 36.8 Å². The molecule has 5 rings (SSSR count). The number of rotatable bonds is 4. The number of thioether (sulfide) groups is 1. The van der Waals surface area contributed by atoms with Gasteiger partial charge in [-0.25, -0.2) is 4.39 Å². The Kier molecular flexibility index (Phi) is 4.84. The number of benzene rings is 1. The van der Waals surface area contributed by atoms with Crippen LogP contribution >= 0.6 is 23.4 Å². The molecular weight excluding hydrogens is 407 g/mol. The van der Waals surface area contributed by atoms with E-state index < -0.39 is 5.82 Å². The van der Waals surface area contributed by atoms with Gasteiger partial charge in [0.05, 0.1) is 10.7 Å². The normalized spacial score (nSPS) is 23.3. The molecule has 3 atom stereocenters. The summed E-state index contributed by atoms with van der Waals surface area (Å²) in [4.78, 5) is 12.1. The Morgan fingerprint density at radius 3 is 2.86 bits per heavy atom. The van der Waals surface area contributed by atoms with Gasteiger partial charge in [0, 0.05) is 35.6 Å². The Bertz CT molecular complexity index is 1070. The van der Waals surface area contributed by atoms with E-state index in [4.69, 9.17) is 16.6 Å². The summed E-state index contributed by atoms with van der Waals surface area (Å²) in [5, 5.41) is 1.21. The summed E-state index contributed by atoms with van der Waals surface area (Å²) >= 11 is 7.89. The molecule has 0 saturated carbocycles. The van der Waals surface area contributed by atoms with Crippen LogP contribution in [0.25, 0.3) is 5.69 Å². The summed E-state index contributed by atoms with van der Waals surface area (Å²) < 4.78 is 15.8. The van der Waals surface area contributed by atoms with Gasteiger partial charge in [-0.3, -0.25) is 9.98 Å². The third-order valence-corrected chi connectivity index (χ3v) is 7.01. The molecule has 0 unspecified atom stereocenters. The second-order valence-corrected chi connectivity index (χ2v) is 8.63. The average Bonchev–Trinajstić information content (AvgIpc) is 3.45. The molecule has 0 bridgehead atoms. The number of hydrogen-bond donors (Lipinski definition) is 0. The zero-order valence-electron chi connectivity index (χ0n) is 15.9. The van der Waals surface area contributed by atoms with E-state index in [-0.39, 0.29) is 17.1 Å². The van der Waals surface area contributed by atoms with Gasteiger partial charge in [-0.05, 0) is 48.9 Å². The Hall–Kier alpha value is -2.31. The summed E-state index contributed by atoms with van der Waals surface area (Å²) in [5.74, 6) is 0.632. The first kappa shape index (κ1) is 18.7. The quantitative estimate of drug-likeness (QED) is 0.541. The molecule has 0 amide bonds. The summed E-state index contributed by atoms with van der Waals surface area (Å²) in [6.07, 6.45) is 4.87. The van der Waals surface area contributed by atoms with Crippen LogP contribution in [-0.4, -0.2) is 31.4 Å². The van der Waals surface area contributed by atoms with E-state index >= 15 is 0 Å². The zero-order valence-corrected chi connectivity index (χ0v) is 17.4. The van der Waals surface area contributed by atoms with Gasteiger partial charge in [-0.1, -0.05) is 36.4 Å². The van der Waals surface area contributed by atoms with Crippen molar-refractivity contribution >= 4 is 28.5 Å². The van der Waals surface area contributed by atoms with Crippen molar-refractivity contribution < 1.29 is 4.39 Å². The predicted octanol–water partition coefficient (Wildman–Crippen LogP) is 5.64. The van der Waals surface area contributed by atoms with E-state index in [1.54, 1.807) is 12.1 Å². The van der Waals surface area contributed by atoms with Crippen LogP contribution in [0.5, 0.6) is 0 Å². The minimum Gasteiger partial charge on any atom is -0.337 e. The van der Waals surface area contributed by atoms with Crippen molar-refractivity contribution in [3.05, 3.63) is 83.2 Å². The fourth-order valence-corrected chi connectivity index (χ4v) is 5.69. The Balaban J connectivity index is 1.63. The minimum absolute atomic E-state index is 0.0266. The largest absolute Gasteiger partial charge is 0.337 e. The highest BCUT2D eigenvalue weighted by atomic mass is 35.5. The summed E-state index contributed by atoms with van der Waals surface area (Å²) in [7, 11) is 0. The molecule has 0 aliphatic carbocycles. The molecule has 0 N–H and O–H groups in total. The van der Waals surface area contributed by atoms with Gasteiger partial charge in [-0.15, -0.1) is 0 Å². The number of halogens is 2. The first-order valence-electron chi connectivity index (χ1n) is 9.70. The van der Waals surface area contributed by atoms with E-state index in [2.05, 4.69) is 27.4 Å². The molecule has 4 nitrogen and oxygen atoms in total. The first-order chi connectivity index (χ1) is 14.2. The molecule has 7 heteroatoms. The Morgan fingerprint density at radius 2 is 2.10 bits per heavy atom. The molecule has 4 heterocycles. The highest BCUT2D eigenvalue weighted by Gasteiger charge is 2.46. The maximum atomic E-state index is 13.7.